The van der Waals surface area contributed by atoms with Gasteiger partial charge in [-0.25, -0.2) is 4.99 Å². The number of ether oxygens (including phenoxy) is 2. The summed E-state index contributed by atoms with van der Waals surface area (Å²) in [7, 11) is 0. The maximum atomic E-state index is 13.4. The van der Waals surface area contributed by atoms with Crippen LogP contribution in [-0.2, 0) is 14.4 Å². The molecule has 0 unspecified atom stereocenters. The van der Waals surface area contributed by atoms with Crippen LogP contribution in [0.1, 0.15) is 17.7 Å². The number of carbonyl (C=O) groups excluding carboxylic acids is 1. The fourth-order valence-electron chi connectivity index (χ4n) is 4.39. The van der Waals surface area contributed by atoms with Crippen molar-refractivity contribution in [2.24, 2.45) is 10.9 Å². The van der Waals surface area contributed by atoms with E-state index in [1.54, 1.807) is 17.0 Å². The van der Waals surface area contributed by atoms with Crippen LogP contribution in [0.3, 0.4) is 0 Å². The number of carboxylic acids is 2. The van der Waals surface area contributed by atoms with E-state index in [0.717, 1.165) is 34.0 Å². The first-order valence-electron chi connectivity index (χ1n) is 11.5. The number of aliphatic carboxylic acids is 2. The molecule has 0 spiro atoms. The zero-order chi connectivity index (χ0) is 27.6. The maximum Gasteiger partial charge on any atom is 0.323 e. The van der Waals surface area contributed by atoms with Gasteiger partial charge in [0.2, 0.25) is 16.6 Å². The van der Waals surface area contributed by atoms with Gasteiger partial charge in [0.25, 0.3) is 5.91 Å². The van der Waals surface area contributed by atoms with E-state index in [-0.39, 0.29) is 39.6 Å². The van der Waals surface area contributed by atoms with E-state index in [1.807, 2.05) is 0 Å². The Morgan fingerprint density at radius 3 is 2.41 bits per heavy atom. The second-order valence-electron chi connectivity index (χ2n) is 8.87. The molecule has 1 aromatic heterocycles. The summed E-state index contributed by atoms with van der Waals surface area (Å²) in [6.45, 7) is -1.01. The Labute approximate surface area is 232 Å². The smallest absolute Gasteiger partial charge is 0.323 e. The van der Waals surface area contributed by atoms with Crippen LogP contribution in [0.15, 0.2) is 44.4 Å². The number of fused-ring (bicyclic) bond motifs is 2. The van der Waals surface area contributed by atoms with Gasteiger partial charge < -0.3 is 34.9 Å². The van der Waals surface area contributed by atoms with Gasteiger partial charge in [-0.05, 0) is 42.6 Å². The van der Waals surface area contributed by atoms with Crippen LogP contribution in [-0.4, -0.2) is 73.7 Å². The van der Waals surface area contributed by atoms with Gasteiger partial charge in [-0.3, -0.25) is 19.3 Å². The first-order chi connectivity index (χ1) is 18.6. The molecule has 3 aliphatic heterocycles. The summed E-state index contributed by atoms with van der Waals surface area (Å²) in [5.41, 5.74) is 1.21. The average molecular weight is 591 g/mol. The van der Waals surface area contributed by atoms with Gasteiger partial charge in [0.15, 0.2) is 17.3 Å². The molecule has 2 aromatic rings. The highest BCUT2D eigenvalue weighted by Crippen LogP contribution is 2.55. The van der Waals surface area contributed by atoms with Crippen LogP contribution in [0.25, 0.3) is 0 Å². The van der Waals surface area contributed by atoms with Gasteiger partial charge in [-0.1, -0.05) is 23.1 Å². The summed E-state index contributed by atoms with van der Waals surface area (Å²) in [4.78, 5) is 44.3. The lowest BCUT2D eigenvalue weighted by Gasteiger charge is -2.21. The lowest BCUT2D eigenvalue weighted by atomic mass is 10.1. The molecular weight excluding hydrogens is 572 g/mol. The summed E-state index contributed by atoms with van der Waals surface area (Å²) in [5, 5.41) is 39.9. The Morgan fingerprint density at radius 1 is 1.13 bits per heavy atom. The van der Waals surface area contributed by atoms with Crippen molar-refractivity contribution in [2.45, 2.75) is 17.7 Å². The molecule has 1 aliphatic carbocycles. The Balaban J connectivity index is 1.47. The monoisotopic (exact) mass is 590 g/mol. The zero-order valence-electron chi connectivity index (χ0n) is 19.7. The molecule has 1 fully saturated rings. The lowest BCUT2D eigenvalue weighted by Crippen LogP contribution is -2.36. The second-order valence-corrected chi connectivity index (χ2v) is 11.5. The van der Waals surface area contributed by atoms with E-state index in [0.29, 0.717) is 32.5 Å². The topological polar surface area (TPSA) is 174 Å². The number of hydrogen-bond donors (Lipinski definition) is 4. The molecule has 1 aromatic carbocycles. The molecule has 0 radical (unpaired) electrons. The molecule has 0 saturated heterocycles. The van der Waals surface area contributed by atoms with Gasteiger partial charge in [-0.15, -0.1) is 4.73 Å². The Kier molecular flexibility index (Phi) is 6.04. The van der Waals surface area contributed by atoms with E-state index < -0.39 is 30.3 Å². The minimum atomic E-state index is -1.31. The summed E-state index contributed by atoms with van der Waals surface area (Å²) >= 11 is 7.08. The summed E-state index contributed by atoms with van der Waals surface area (Å²) in [5.74, 6) is -2.84. The van der Waals surface area contributed by atoms with Crippen LogP contribution in [0.5, 0.6) is 17.4 Å². The summed E-state index contributed by atoms with van der Waals surface area (Å²) in [6, 6.07) is 3.50. The van der Waals surface area contributed by atoms with Crippen LogP contribution < -0.4 is 14.4 Å². The van der Waals surface area contributed by atoms with Gasteiger partial charge in [0.05, 0.1) is 10.7 Å². The predicted octanol–water partition coefficient (Wildman–Crippen LogP) is 2.83. The third-order valence-electron chi connectivity index (χ3n) is 6.26. The number of anilines is 1. The van der Waals surface area contributed by atoms with Gasteiger partial charge in [0, 0.05) is 17.0 Å². The first kappa shape index (κ1) is 25.3. The number of carbonyl (C=O) groups is 3. The molecule has 39 heavy (non-hydrogen) atoms. The van der Waals surface area contributed by atoms with Gasteiger partial charge in [0.1, 0.15) is 23.7 Å². The average Bonchev–Trinajstić information content (AvgIpc) is 3.33. The Bertz CT molecular complexity index is 1620. The molecule has 6 rings (SSSR count). The van der Waals surface area contributed by atoms with Crippen molar-refractivity contribution >= 4 is 64.7 Å². The normalized spacial score (nSPS) is 20.1. The third kappa shape index (κ3) is 4.39. The van der Waals surface area contributed by atoms with E-state index >= 15 is 0 Å². The van der Waals surface area contributed by atoms with Crippen molar-refractivity contribution in [1.82, 2.24) is 9.63 Å². The number of hydrogen-bond acceptors (Lipinski definition) is 12. The lowest BCUT2D eigenvalue weighted by molar-refractivity contribution is -0.140. The third-order valence-corrected chi connectivity index (χ3v) is 8.79. The first-order valence-corrected chi connectivity index (χ1v) is 13.5. The molecule has 4 aliphatic rings. The van der Waals surface area contributed by atoms with Crippen LogP contribution >= 0.6 is 35.3 Å². The highest BCUT2D eigenvalue weighted by molar-refractivity contribution is 8.03. The zero-order valence-corrected chi connectivity index (χ0v) is 22.1. The molecule has 0 bridgehead atoms. The number of aromatic nitrogens is 1. The SMILES string of the molecule is O=C(O)CN1C(=O)/C(=C\C(=C2/Sc3cc4c(cc3N2CC(=O)O)OCO4)C2CC2)N=C1c1sc(=S)n(O)c1O. The van der Waals surface area contributed by atoms with Crippen LogP contribution in [0, 0.1) is 9.87 Å². The standard InChI is InChI=1S/C23H18N4O9S3/c28-16(29)6-25-12-4-13-14(36-8-35-13)5-15(12)38-22(25)10(9-1-2-9)3-11-20(32)26(7-17(30)31)19(24-11)18-21(33)27(34)23(37)39-18/h3-5,9,33-34H,1-2,6-8H2,(H,28,29)(H,30,31)/b11-3+,22-10+. The molecule has 1 saturated carbocycles. The second kappa shape index (κ2) is 9.32. The van der Waals surface area contributed by atoms with Crippen LogP contribution in [0.4, 0.5) is 5.69 Å². The van der Waals surface area contributed by atoms with Crippen molar-refractivity contribution < 1.29 is 44.4 Å². The molecule has 1 amide bonds. The molecule has 4 N–H and O–H groups in total. The highest BCUT2D eigenvalue weighted by atomic mass is 32.2. The number of aliphatic imine (C=N–C) groups is 1. The van der Waals surface area contributed by atoms with Crippen molar-refractivity contribution in [1.29, 1.82) is 0 Å². The number of thiazole rings is 1. The number of rotatable bonds is 7. The number of benzene rings is 1. The van der Waals surface area contributed by atoms with Crippen molar-refractivity contribution in [3.8, 4) is 17.4 Å². The number of thioether (sulfide) groups is 1. The Morgan fingerprint density at radius 2 is 1.79 bits per heavy atom. The largest absolute Gasteiger partial charge is 0.491 e. The van der Waals surface area contributed by atoms with Gasteiger partial charge in [-0.2, -0.15) is 0 Å². The number of amides is 1. The quantitative estimate of drug-likeness (QED) is 0.211. The molecule has 16 heteroatoms. The maximum absolute atomic E-state index is 13.4. The molecule has 0 atom stereocenters. The van der Waals surface area contributed by atoms with Crippen molar-refractivity contribution in [2.75, 3.05) is 24.8 Å². The van der Waals surface area contributed by atoms with E-state index in [2.05, 4.69) is 4.99 Å². The predicted molar refractivity (Wildman–Crippen MR) is 139 cm³/mol. The number of allylic oxidation sites excluding steroid dienone is 2. The molecule has 13 nitrogen and oxygen atoms in total. The van der Waals surface area contributed by atoms with Crippen molar-refractivity contribution in [3.63, 3.8) is 0 Å². The summed E-state index contributed by atoms with van der Waals surface area (Å²) < 4.78 is 11.2. The fourth-order valence-corrected chi connectivity index (χ4v) is 6.76. The molecule has 4 heterocycles. The molecule has 202 valence electrons. The minimum absolute atomic E-state index is 0.0268. The number of carboxylic acid groups (broad SMARTS) is 2. The fraction of sp³-hybridized carbons (Fsp3) is 0.261. The van der Waals surface area contributed by atoms with Crippen LogP contribution in [0.2, 0.25) is 0 Å². The van der Waals surface area contributed by atoms with E-state index in [1.165, 1.54) is 17.8 Å². The Hall–Kier alpha value is -4.02. The van der Waals surface area contributed by atoms with Crippen molar-refractivity contribution in [3.05, 3.63) is 43.3 Å². The molecular formula is C23H18N4O9S3. The van der Waals surface area contributed by atoms with E-state index in [4.69, 9.17) is 21.7 Å². The number of nitrogens with zero attached hydrogens (tertiary/aromatic N) is 4. The summed E-state index contributed by atoms with van der Waals surface area (Å²) in [6.07, 6.45) is 3.16. The van der Waals surface area contributed by atoms with Gasteiger partial charge >= 0.3 is 11.9 Å². The highest BCUT2D eigenvalue weighted by Gasteiger charge is 2.40. The minimum Gasteiger partial charge on any atom is -0.491 e. The van der Waals surface area contributed by atoms with E-state index in [9.17, 15) is 34.9 Å². The number of aromatic hydroxyl groups is 1. The number of amidine groups is 1.